The Bertz CT molecular complexity index is 655. The summed E-state index contributed by atoms with van der Waals surface area (Å²) in [6, 6.07) is 7.79. The summed E-state index contributed by atoms with van der Waals surface area (Å²) in [6.07, 6.45) is 2.16. The summed E-state index contributed by atoms with van der Waals surface area (Å²) in [5.74, 6) is 0.773. The lowest BCUT2D eigenvalue weighted by atomic mass is 10.0. The van der Waals surface area contributed by atoms with E-state index in [1.807, 2.05) is 41.6 Å². The molecular formula is C17H23Cl2N3O2S. The second kappa shape index (κ2) is 10.6. The van der Waals surface area contributed by atoms with E-state index in [4.69, 9.17) is 4.74 Å². The van der Waals surface area contributed by atoms with Crippen LogP contribution in [0.4, 0.5) is 0 Å². The topological polar surface area (TPSA) is 54.5 Å². The number of piperidine rings is 1. The fraction of sp³-hybridized carbons (Fsp3) is 0.412. The number of carbonyl (C=O) groups excluding carboxylic acids is 1. The zero-order valence-electron chi connectivity index (χ0n) is 14.0. The summed E-state index contributed by atoms with van der Waals surface area (Å²) in [4.78, 5) is 18.8. The Morgan fingerprint density at radius 1 is 1.44 bits per heavy atom. The van der Waals surface area contributed by atoms with E-state index >= 15 is 0 Å². The molecule has 0 radical (unpaired) electrons. The number of nitrogens with one attached hydrogen (secondary N) is 1. The second-order valence-corrected chi connectivity index (χ2v) is 6.39. The molecule has 3 rings (SSSR count). The highest BCUT2D eigenvalue weighted by Crippen LogP contribution is 2.19. The number of amides is 1. The average Bonchev–Trinajstić information content (AvgIpc) is 3.13. The monoisotopic (exact) mass is 403 g/mol. The first-order chi connectivity index (χ1) is 11.3. The quantitative estimate of drug-likeness (QED) is 0.830. The van der Waals surface area contributed by atoms with Crippen molar-refractivity contribution in [2.45, 2.75) is 25.5 Å². The molecule has 1 amide bonds. The van der Waals surface area contributed by atoms with Crippen molar-refractivity contribution < 1.29 is 9.53 Å². The fourth-order valence-electron chi connectivity index (χ4n) is 2.76. The largest absolute Gasteiger partial charge is 0.487 e. The van der Waals surface area contributed by atoms with E-state index in [2.05, 4.69) is 10.3 Å². The average molecular weight is 404 g/mol. The summed E-state index contributed by atoms with van der Waals surface area (Å²) in [7, 11) is 1.95. The van der Waals surface area contributed by atoms with Crippen LogP contribution in [-0.2, 0) is 6.61 Å². The number of rotatable bonds is 5. The number of ether oxygens (including phenoxy) is 1. The summed E-state index contributed by atoms with van der Waals surface area (Å²) in [5, 5.41) is 5.22. The van der Waals surface area contributed by atoms with Crippen LogP contribution in [-0.4, -0.2) is 42.0 Å². The number of likely N-dealkylation sites (N-methyl/N-ethyl adjacent to an activating group) is 1. The zero-order chi connectivity index (χ0) is 16.1. The lowest BCUT2D eigenvalue weighted by Gasteiger charge is -2.32. The summed E-state index contributed by atoms with van der Waals surface area (Å²) < 4.78 is 5.73. The van der Waals surface area contributed by atoms with Crippen molar-refractivity contribution in [1.82, 2.24) is 15.2 Å². The lowest BCUT2D eigenvalue weighted by molar-refractivity contribution is 0.0697. The Morgan fingerprint density at radius 3 is 3.00 bits per heavy atom. The molecule has 1 aromatic heterocycles. The highest BCUT2D eigenvalue weighted by Gasteiger charge is 2.23. The van der Waals surface area contributed by atoms with E-state index in [1.165, 1.54) is 0 Å². The third-order valence-corrected chi connectivity index (χ3v) is 4.70. The molecule has 5 nitrogen and oxygen atoms in total. The van der Waals surface area contributed by atoms with Crippen LogP contribution in [0.3, 0.4) is 0 Å². The lowest BCUT2D eigenvalue weighted by Crippen LogP contribution is -2.46. The smallest absolute Gasteiger partial charge is 0.254 e. The van der Waals surface area contributed by atoms with Crippen LogP contribution in [0.15, 0.2) is 35.2 Å². The molecule has 1 unspecified atom stereocenters. The third kappa shape index (κ3) is 5.85. The van der Waals surface area contributed by atoms with Gasteiger partial charge < -0.3 is 15.0 Å². The molecule has 1 aliphatic rings. The maximum Gasteiger partial charge on any atom is 0.254 e. The molecule has 138 valence electrons. The van der Waals surface area contributed by atoms with Gasteiger partial charge in [-0.1, -0.05) is 6.07 Å². The van der Waals surface area contributed by atoms with Crippen molar-refractivity contribution in [3.8, 4) is 5.75 Å². The van der Waals surface area contributed by atoms with Crippen LogP contribution in [0.2, 0.25) is 0 Å². The van der Waals surface area contributed by atoms with Gasteiger partial charge in [-0.15, -0.1) is 36.2 Å². The predicted molar refractivity (Wildman–Crippen MR) is 105 cm³/mol. The minimum absolute atomic E-state index is 0. The molecule has 2 aromatic rings. The molecule has 1 atom stereocenters. The number of likely N-dealkylation sites (tertiary alicyclic amines) is 1. The number of halogens is 2. The van der Waals surface area contributed by atoms with Crippen LogP contribution < -0.4 is 10.1 Å². The van der Waals surface area contributed by atoms with E-state index in [-0.39, 0.29) is 30.7 Å². The molecule has 0 aliphatic carbocycles. The third-order valence-electron chi connectivity index (χ3n) is 4.07. The fourth-order valence-corrected chi connectivity index (χ4v) is 3.31. The first-order valence-electron chi connectivity index (χ1n) is 7.82. The minimum Gasteiger partial charge on any atom is -0.487 e. The van der Waals surface area contributed by atoms with Gasteiger partial charge in [0, 0.05) is 30.1 Å². The highest BCUT2D eigenvalue weighted by atomic mass is 35.5. The molecule has 0 saturated carbocycles. The Labute approximate surface area is 164 Å². The molecular weight excluding hydrogens is 381 g/mol. The van der Waals surface area contributed by atoms with Gasteiger partial charge in [0.05, 0.1) is 11.2 Å². The van der Waals surface area contributed by atoms with Gasteiger partial charge in [0.15, 0.2) is 0 Å². The Morgan fingerprint density at radius 2 is 2.28 bits per heavy atom. The van der Waals surface area contributed by atoms with E-state index in [9.17, 15) is 4.79 Å². The van der Waals surface area contributed by atoms with E-state index < -0.39 is 0 Å². The SMILES string of the molecule is CNC1CCCN(C(=O)c2cccc(OCc3cscn3)c2)C1.Cl.Cl. The van der Waals surface area contributed by atoms with Crippen LogP contribution >= 0.6 is 36.2 Å². The van der Waals surface area contributed by atoms with Crippen molar-refractivity contribution in [3.05, 3.63) is 46.4 Å². The first kappa shape index (κ1) is 21.7. The van der Waals surface area contributed by atoms with Gasteiger partial charge in [0.25, 0.3) is 5.91 Å². The van der Waals surface area contributed by atoms with E-state index in [0.717, 1.165) is 31.6 Å². The van der Waals surface area contributed by atoms with Crippen molar-refractivity contribution in [3.63, 3.8) is 0 Å². The normalized spacial score (nSPS) is 16.5. The van der Waals surface area contributed by atoms with Crippen molar-refractivity contribution >= 4 is 42.1 Å². The number of benzene rings is 1. The molecule has 25 heavy (non-hydrogen) atoms. The molecule has 0 bridgehead atoms. The van der Waals surface area contributed by atoms with Gasteiger partial charge in [-0.05, 0) is 38.1 Å². The zero-order valence-corrected chi connectivity index (χ0v) is 16.5. The molecule has 0 spiro atoms. The maximum atomic E-state index is 12.7. The first-order valence-corrected chi connectivity index (χ1v) is 8.77. The molecule has 1 aliphatic heterocycles. The van der Waals surface area contributed by atoms with Gasteiger partial charge in [-0.2, -0.15) is 0 Å². The van der Waals surface area contributed by atoms with Gasteiger partial charge in [0.2, 0.25) is 0 Å². The maximum absolute atomic E-state index is 12.7. The number of thiazole rings is 1. The standard InChI is InChI=1S/C17H21N3O2S.2ClH/c1-18-14-5-3-7-20(9-14)17(21)13-4-2-6-16(8-13)22-10-15-11-23-12-19-15;;/h2,4,6,8,11-12,14,18H,3,5,7,9-10H2,1H3;2*1H. The summed E-state index contributed by atoms with van der Waals surface area (Å²) >= 11 is 1.55. The molecule has 1 saturated heterocycles. The van der Waals surface area contributed by atoms with Gasteiger partial charge in [-0.3, -0.25) is 4.79 Å². The Kier molecular flexibility index (Phi) is 9.21. The second-order valence-electron chi connectivity index (χ2n) is 5.68. The number of aromatic nitrogens is 1. The molecule has 8 heteroatoms. The molecule has 2 heterocycles. The summed E-state index contributed by atoms with van der Waals surface area (Å²) in [5.41, 5.74) is 3.37. The van der Waals surface area contributed by atoms with Gasteiger partial charge in [-0.25, -0.2) is 4.98 Å². The van der Waals surface area contributed by atoms with Crippen molar-refractivity contribution in [1.29, 1.82) is 0 Å². The van der Waals surface area contributed by atoms with Crippen LogP contribution in [0, 0.1) is 0 Å². The molecule has 1 aromatic carbocycles. The van der Waals surface area contributed by atoms with Crippen LogP contribution in [0.1, 0.15) is 28.9 Å². The van der Waals surface area contributed by atoms with Crippen LogP contribution in [0.5, 0.6) is 5.75 Å². The molecule has 1 N–H and O–H groups in total. The van der Waals surface area contributed by atoms with Gasteiger partial charge >= 0.3 is 0 Å². The predicted octanol–water partition coefficient (Wildman–Crippen LogP) is 3.39. The van der Waals surface area contributed by atoms with Gasteiger partial charge in [0.1, 0.15) is 12.4 Å². The number of hydrogen-bond acceptors (Lipinski definition) is 5. The Hall–Kier alpha value is -1.34. The van der Waals surface area contributed by atoms with Crippen LogP contribution in [0.25, 0.3) is 0 Å². The van der Waals surface area contributed by atoms with E-state index in [1.54, 1.807) is 16.8 Å². The van der Waals surface area contributed by atoms with E-state index in [0.29, 0.717) is 24.0 Å². The number of hydrogen-bond donors (Lipinski definition) is 1. The van der Waals surface area contributed by atoms with Crippen molar-refractivity contribution in [2.75, 3.05) is 20.1 Å². The molecule has 1 fully saturated rings. The number of carbonyl (C=O) groups is 1. The minimum atomic E-state index is 0. The number of nitrogens with zero attached hydrogens (tertiary/aromatic N) is 2. The Balaban J connectivity index is 0.00000156. The summed E-state index contributed by atoms with van der Waals surface area (Å²) in [6.45, 7) is 2.01. The highest BCUT2D eigenvalue weighted by molar-refractivity contribution is 7.07. The van der Waals surface area contributed by atoms with Crippen molar-refractivity contribution in [2.24, 2.45) is 0 Å².